The first-order valence-electron chi connectivity index (χ1n) is 9.86. The van der Waals surface area contributed by atoms with E-state index in [-0.39, 0.29) is 11.3 Å². The first kappa shape index (κ1) is 18.3. The van der Waals surface area contributed by atoms with E-state index in [1.807, 2.05) is 24.4 Å². The van der Waals surface area contributed by atoms with Gasteiger partial charge in [-0.2, -0.15) is 4.31 Å². The van der Waals surface area contributed by atoms with E-state index in [9.17, 15) is 8.42 Å². The van der Waals surface area contributed by atoms with Crippen LogP contribution in [0.1, 0.15) is 20.3 Å². The zero-order valence-corrected chi connectivity index (χ0v) is 17.3. The van der Waals surface area contributed by atoms with Crippen LogP contribution in [0, 0.1) is 0 Å². The minimum absolute atomic E-state index is 0.136. The molecule has 4 heterocycles. The average Bonchev–Trinajstić information content (AvgIpc) is 3.33. The summed E-state index contributed by atoms with van der Waals surface area (Å²) in [5.74, 6) is 0.136. The van der Waals surface area contributed by atoms with E-state index in [4.69, 9.17) is 0 Å². The van der Waals surface area contributed by atoms with E-state index in [0.717, 1.165) is 39.6 Å². The Balaban J connectivity index is 1.68. The number of benzene rings is 1. The number of hydrogen-bond acceptors (Lipinski definition) is 4. The minimum atomic E-state index is -3.18. The highest BCUT2D eigenvalue weighted by Crippen LogP contribution is 2.41. The van der Waals surface area contributed by atoms with Crippen molar-refractivity contribution in [2.75, 3.05) is 18.8 Å². The van der Waals surface area contributed by atoms with Gasteiger partial charge in [0.25, 0.3) is 0 Å². The number of sulfonamides is 1. The maximum Gasteiger partial charge on any atom is 0.213 e. The van der Waals surface area contributed by atoms with E-state index in [1.54, 1.807) is 17.6 Å². The second-order valence-electron chi connectivity index (χ2n) is 7.64. The van der Waals surface area contributed by atoms with Gasteiger partial charge in [0.1, 0.15) is 12.0 Å². The van der Waals surface area contributed by atoms with E-state index in [1.165, 1.54) is 0 Å². The predicted octanol–water partition coefficient (Wildman–Crippen LogP) is 3.35. The third kappa shape index (κ3) is 2.63. The monoisotopic (exact) mass is 409 g/mol. The summed E-state index contributed by atoms with van der Waals surface area (Å²) in [5.41, 5.74) is 3.58. The molecule has 150 valence electrons. The van der Waals surface area contributed by atoms with Gasteiger partial charge in [-0.1, -0.05) is 25.1 Å². The number of nitrogens with one attached hydrogen (secondary N) is 1. The van der Waals surface area contributed by atoms with E-state index in [2.05, 4.69) is 44.8 Å². The molecule has 5 rings (SSSR count). The molecular formula is C21H23N5O2S. The second kappa shape index (κ2) is 6.40. The van der Waals surface area contributed by atoms with E-state index in [0.29, 0.717) is 13.1 Å². The lowest BCUT2D eigenvalue weighted by atomic mass is 9.88. The molecule has 0 spiro atoms. The first-order valence-corrected chi connectivity index (χ1v) is 11.5. The molecule has 8 heteroatoms. The molecule has 0 bridgehead atoms. The SMILES string of the molecule is CCC1(n2cc(-c3ncnc4[nH]ccc34)c3ccccc32)CN(S(=O)(=O)CC)C1. The summed E-state index contributed by atoms with van der Waals surface area (Å²) < 4.78 is 28.5. The Morgan fingerprint density at radius 3 is 2.66 bits per heavy atom. The highest BCUT2D eigenvalue weighted by molar-refractivity contribution is 7.89. The number of aromatic amines is 1. The van der Waals surface area contributed by atoms with Gasteiger partial charge in [-0.3, -0.25) is 0 Å². The Morgan fingerprint density at radius 2 is 1.90 bits per heavy atom. The average molecular weight is 410 g/mol. The Kier molecular flexibility index (Phi) is 4.04. The Bertz CT molecular complexity index is 1320. The first-order chi connectivity index (χ1) is 14.0. The lowest BCUT2D eigenvalue weighted by Crippen LogP contribution is -2.63. The summed E-state index contributed by atoms with van der Waals surface area (Å²) >= 11 is 0. The van der Waals surface area contributed by atoms with Gasteiger partial charge in [0.05, 0.1) is 17.0 Å². The van der Waals surface area contributed by atoms with E-state index < -0.39 is 10.0 Å². The third-order valence-corrected chi connectivity index (χ3v) is 7.96. The van der Waals surface area contributed by atoms with Crippen molar-refractivity contribution in [1.82, 2.24) is 23.8 Å². The Labute approximate surface area is 169 Å². The molecule has 0 saturated carbocycles. The Morgan fingerprint density at radius 1 is 1.10 bits per heavy atom. The van der Waals surface area contributed by atoms with Gasteiger partial charge >= 0.3 is 0 Å². The maximum absolute atomic E-state index is 12.3. The van der Waals surface area contributed by atoms with Crippen LogP contribution in [-0.2, 0) is 15.6 Å². The molecular weight excluding hydrogens is 386 g/mol. The normalized spacial score (nSPS) is 17.0. The van der Waals surface area contributed by atoms with Crippen molar-refractivity contribution in [2.45, 2.75) is 25.8 Å². The number of para-hydroxylation sites is 1. The molecule has 1 aliphatic rings. The topological polar surface area (TPSA) is 83.9 Å². The van der Waals surface area contributed by atoms with Crippen molar-refractivity contribution in [2.24, 2.45) is 0 Å². The van der Waals surface area contributed by atoms with Crippen LogP contribution in [0.4, 0.5) is 0 Å². The van der Waals surface area contributed by atoms with Crippen molar-refractivity contribution in [3.63, 3.8) is 0 Å². The van der Waals surface area contributed by atoms with Gasteiger partial charge in [-0.25, -0.2) is 18.4 Å². The summed E-state index contributed by atoms with van der Waals surface area (Å²) in [5, 5.41) is 2.09. The molecule has 1 aromatic carbocycles. The standard InChI is InChI=1S/C21H23N5O2S/c1-3-21(12-25(13-21)29(27,28)4-2)26-11-17(15-7-5-6-8-18(15)26)19-16-9-10-22-20(16)24-14-23-19/h5-11,14H,3-4,12-13H2,1-2H3,(H,22,23,24). The second-order valence-corrected chi connectivity index (χ2v) is 9.90. The van der Waals surface area contributed by atoms with Crippen LogP contribution < -0.4 is 0 Å². The highest BCUT2D eigenvalue weighted by Gasteiger charge is 2.48. The van der Waals surface area contributed by atoms with Crippen LogP contribution in [0.5, 0.6) is 0 Å². The highest BCUT2D eigenvalue weighted by atomic mass is 32.2. The number of nitrogens with zero attached hydrogens (tertiary/aromatic N) is 4. The third-order valence-electron chi connectivity index (χ3n) is 6.19. The quantitative estimate of drug-likeness (QED) is 0.548. The lowest BCUT2D eigenvalue weighted by molar-refractivity contribution is 0.0805. The summed E-state index contributed by atoms with van der Waals surface area (Å²) in [6.45, 7) is 4.82. The van der Waals surface area contributed by atoms with Crippen molar-refractivity contribution in [3.05, 3.63) is 49.1 Å². The van der Waals surface area contributed by atoms with Gasteiger partial charge in [0, 0.05) is 47.3 Å². The zero-order chi connectivity index (χ0) is 20.2. The van der Waals surface area contributed by atoms with Crippen LogP contribution in [0.15, 0.2) is 49.1 Å². The van der Waals surface area contributed by atoms with Crippen LogP contribution in [0.25, 0.3) is 33.2 Å². The molecule has 1 saturated heterocycles. The van der Waals surface area contributed by atoms with E-state index >= 15 is 0 Å². The molecule has 0 amide bonds. The van der Waals surface area contributed by atoms with Crippen molar-refractivity contribution < 1.29 is 8.42 Å². The lowest BCUT2D eigenvalue weighted by Gasteiger charge is -2.50. The molecule has 0 atom stereocenters. The molecule has 0 aliphatic carbocycles. The smallest absolute Gasteiger partial charge is 0.213 e. The summed E-state index contributed by atoms with van der Waals surface area (Å²) in [7, 11) is -3.18. The fourth-order valence-electron chi connectivity index (χ4n) is 4.38. The molecule has 0 unspecified atom stereocenters. The van der Waals surface area contributed by atoms with Gasteiger partial charge in [-0.05, 0) is 25.5 Å². The molecule has 29 heavy (non-hydrogen) atoms. The molecule has 4 aromatic rings. The van der Waals surface area contributed by atoms with Gasteiger partial charge in [0.2, 0.25) is 10.0 Å². The van der Waals surface area contributed by atoms with Crippen molar-refractivity contribution in [1.29, 1.82) is 0 Å². The number of aromatic nitrogens is 4. The summed E-state index contributed by atoms with van der Waals surface area (Å²) in [6.07, 6.45) is 6.44. The summed E-state index contributed by atoms with van der Waals surface area (Å²) in [6, 6.07) is 10.2. The summed E-state index contributed by atoms with van der Waals surface area (Å²) in [4.78, 5) is 12.0. The maximum atomic E-state index is 12.3. The molecule has 1 aliphatic heterocycles. The van der Waals surface area contributed by atoms with Crippen LogP contribution in [0.2, 0.25) is 0 Å². The van der Waals surface area contributed by atoms with Gasteiger partial charge < -0.3 is 9.55 Å². The van der Waals surface area contributed by atoms with Gasteiger partial charge in [0.15, 0.2) is 0 Å². The van der Waals surface area contributed by atoms with Crippen molar-refractivity contribution >= 4 is 32.0 Å². The molecule has 1 fully saturated rings. The fourth-order valence-corrected chi connectivity index (χ4v) is 5.62. The predicted molar refractivity (Wildman–Crippen MR) is 114 cm³/mol. The van der Waals surface area contributed by atoms with Crippen molar-refractivity contribution in [3.8, 4) is 11.3 Å². The molecule has 7 nitrogen and oxygen atoms in total. The van der Waals surface area contributed by atoms with Crippen LogP contribution in [0.3, 0.4) is 0 Å². The molecule has 1 N–H and O–H groups in total. The Hall–Kier alpha value is -2.71. The number of hydrogen-bond donors (Lipinski definition) is 1. The van der Waals surface area contributed by atoms with Crippen LogP contribution >= 0.6 is 0 Å². The molecule has 0 radical (unpaired) electrons. The molecule has 3 aromatic heterocycles. The minimum Gasteiger partial charge on any atom is -0.346 e. The van der Waals surface area contributed by atoms with Gasteiger partial charge in [-0.15, -0.1) is 0 Å². The zero-order valence-electron chi connectivity index (χ0n) is 16.5. The number of fused-ring (bicyclic) bond motifs is 2. The number of H-pyrrole nitrogens is 1. The van der Waals surface area contributed by atoms with Crippen LogP contribution in [-0.4, -0.2) is 51.1 Å². The fraction of sp³-hybridized carbons (Fsp3) is 0.333. The largest absolute Gasteiger partial charge is 0.346 e. The number of rotatable bonds is 5.